The van der Waals surface area contributed by atoms with Crippen LogP contribution in [0.2, 0.25) is 0 Å². The van der Waals surface area contributed by atoms with E-state index >= 15 is 0 Å². The smallest absolute Gasteiger partial charge is 0.394 e. The SMILES string of the molecule is OCCOCC(O)COCC(F)(F)OC(F)(F)OC(F)(F)COCCOCC(O)COCC(O)COCCCc1cccs1. The maximum absolute atomic E-state index is 13.6. The summed E-state index contributed by atoms with van der Waals surface area (Å²) in [4.78, 5) is 1.24. The average Bonchev–Trinajstić information content (AvgIpc) is 3.42. The minimum atomic E-state index is -5.45. The summed E-state index contributed by atoms with van der Waals surface area (Å²) in [6.45, 7) is -6.33. The molecule has 0 saturated carbocycles. The van der Waals surface area contributed by atoms with Crippen molar-refractivity contribution in [1.29, 1.82) is 0 Å². The van der Waals surface area contributed by atoms with Crippen molar-refractivity contribution in [3.05, 3.63) is 22.4 Å². The van der Waals surface area contributed by atoms with Gasteiger partial charge in [-0.25, -0.2) is 9.47 Å². The number of hydrogen-bond acceptors (Lipinski definition) is 13. The van der Waals surface area contributed by atoms with E-state index in [0.717, 1.165) is 12.8 Å². The first-order valence-electron chi connectivity index (χ1n) is 13.4. The number of thiophene rings is 1. The molecule has 0 aromatic carbocycles. The lowest BCUT2D eigenvalue weighted by Gasteiger charge is -2.26. The zero-order chi connectivity index (χ0) is 32.9. The van der Waals surface area contributed by atoms with Gasteiger partial charge in [-0.3, -0.25) is 0 Å². The van der Waals surface area contributed by atoms with Gasteiger partial charge in [-0.2, -0.15) is 17.6 Å². The topological polar surface area (TPSA) is 155 Å². The molecule has 1 aromatic heterocycles. The molecule has 44 heavy (non-hydrogen) atoms. The van der Waals surface area contributed by atoms with Crippen LogP contribution in [0.5, 0.6) is 0 Å². The molecule has 3 atom stereocenters. The normalized spacial score (nSPS) is 15.0. The predicted molar refractivity (Wildman–Crippen MR) is 140 cm³/mol. The minimum absolute atomic E-state index is 0.0477. The van der Waals surface area contributed by atoms with Crippen molar-refractivity contribution in [3.8, 4) is 0 Å². The summed E-state index contributed by atoms with van der Waals surface area (Å²) in [5, 5.41) is 39.5. The first-order valence-corrected chi connectivity index (χ1v) is 14.3. The second-order valence-electron chi connectivity index (χ2n) is 9.14. The molecule has 19 heteroatoms. The highest BCUT2D eigenvalue weighted by Crippen LogP contribution is 2.33. The molecule has 0 saturated heterocycles. The Bertz CT molecular complexity index is 828. The van der Waals surface area contributed by atoms with E-state index in [4.69, 9.17) is 24.1 Å². The van der Waals surface area contributed by atoms with E-state index < -0.39 is 69.9 Å². The number of hydrogen-bond donors (Lipinski definition) is 4. The van der Waals surface area contributed by atoms with Gasteiger partial charge < -0.3 is 48.8 Å². The van der Waals surface area contributed by atoms with Crippen LogP contribution in [0.3, 0.4) is 0 Å². The highest BCUT2D eigenvalue weighted by Gasteiger charge is 2.52. The quantitative estimate of drug-likeness (QED) is 0.0553. The van der Waals surface area contributed by atoms with Crippen LogP contribution in [-0.4, -0.2) is 143 Å². The molecule has 12 nitrogen and oxygen atoms in total. The van der Waals surface area contributed by atoms with E-state index in [-0.39, 0.29) is 46.2 Å². The van der Waals surface area contributed by atoms with Crippen molar-refractivity contribution in [2.24, 2.45) is 0 Å². The fraction of sp³-hybridized carbons (Fsp3) is 0.840. The summed E-state index contributed by atoms with van der Waals surface area (Å²) in [6, 6.07) is 3.99. The number of ether oxygens (including phenoxy) is 8. The molecule has 1 heterocycles. The van der Waals surface area contributed by atoms with Crippen LogP contribution in [0.4, 0.5) is 26.3 Å². The van der Waals surface area contributed by atoms with Gasteiger partial charge in [-0.1, -0.05) is 6.07 Å². The van der Waals surface area contributed by atoms with Crippen LogP contribution < -0.4 is 0 Å². The van der Waals surface area contributed by atoms with Gasteiger partial charge in [0.25, 0.3) is 0 Å². The van der Waals surface area contributed by atoms with Gasteiger partial charge in [-0.05, 0) is 24.3 Å². The Morgan fingerprint density at radius 2 is 1.11 bits per heavy atom. The summed E-state index contributed by atoms with van der Waals surface area (Å²) >= 11 is 1.65. The average molecular weight is 679 g/mol. The van der Waals surface area contributed by atoms with Gasteiger partial charge in [0.15, 0.2) is 0 Å². The minimum Gasteiger partial charge on any atom is -0.394 e. The van der Waals surface area contributed by atoms with Gasteiger partial charge in [-0.15, -0.1) is 20.1 Å². The molecule has 0 spiro atoms. The van der Waals surface area contributed by atoms with Gasteiger partial charge in [0.1, 0.15) is 31.5 Å². The molecule has 1 rings (SSSR count). The molecule has 0 radical (unpaired) electrons. The third kappa shape index (κ3) is 22.3. The lowest BCUT2D eigenvalue weighted by Crippen LogP contribution is -2.44. The molecule has 0 aliphatic rings. The van der Waals surface area contributed by atoms with Crippen molar-refractivity contribution in [2.75, 3.05) is 85.9 Å². The second-order valence-corrected chi connectivity index (χ2v) is 10.2. The number of rotatable bonds is 29. The number of aliphatic hydroxyl groups excluding tert-OH is 4. The van der Waals surface area contributed by atoms with Gasteiger partial charge in [0.05, 0.1) is 66.1 Å². The van der Waals surface area contributed by atoms with Crippen LogP contribution in [0, 0.1) is 0 Å². The third-order valence-electron chi connectivity index (χ3n) is 4.84. The summed E-state index contributed by atoms with van der Waals surface area (Å²) in [7, 11) is 0. The molecular formula is C25H40F6O12S. The van der Waals surface area contributed by atoms with Crippen molar-refractivity contribution in [1.82, 2.24) is 0 Å². The largest absolute Gasteiger partial charge is 0.495 e. The highest BCUT2D eigenvalue weighted by atomic mass is 32.1. The van der Waals surface area contributed by atoms with E-state index in [9.17, 15) is 41.7 Å². The van der Waals surface area contributed by atoms with Gasteiger partial charge in [0, 0.05) is 11.5 Å². The Kier molecular flexibility index (Phi) is 20.7. The molecule has 3 unspecified atom stereocenters. The van der Waals surface area contributed by atoms with Crippen molar-refractivity contribution >= 4 is 11.3 Å². The predicted octanol–water partition coefficient (Wildman–Crippen LogP) is 1.62. The number of halogens is 6. The molecule has 0 amide bonds. The Hall–Kier alpha value is -1.20. The molecule has 1 aromatic rings. The van der Waals surface area contributed by atoms with E-state index in [1.54, 1.807) is 11.3 Å². The van der Waals surface area contributed by atoms with Crippen LogP contribution in [0.1, 0.15) is 11.3 Å². The first kappa shape index (κ1) is 40.8. The lowest BCUT2D eigenvalue weighted by atomic mass is 10.3. The van der Waals surface area contributed by atoms with Gasteiger partial charge >= 0.3 is 18.5 Å². The van der Waals surface area contributed by atoms with Crippen LogP contribution in [0.25, 0.3) is 0 Å². The van der Waals surface area contributed by atoms with E-state index in [1.807, 2.05) is 17.5 Å². The summed E-state index contributed by atoms with van der Waals surface area (Å²) in [5.74, 6) is 0. The molecular weight excluding hydrogens is 638 g/mol. The number of alkyl halides is 6. The van der Waals surface area contributed by atoms with Crippen molar-refractivity contribution < 1.29 is 84.7 Å². The molecule has 0 aliphatic carbocycles. The summed E-state index contributed by atoms with van der Waals surface area (Å²) in [6.07, 6.45) is -16.8. The summed E-state index contributed by atoms with van der Waals surface area (Å²) in [5.41, 5.74) is 0. The Morgan fingerprint density at radius 1 is 0.636 bits per heavy atom. The van der Waals surface area contributed by atoms with Crippen molar-refractivity contribution in [3.63, 3.8) is 0 Å². The van der Waals surface area contributed by atoms with Crippen LogP contribution in [-0.2, 0) is 44.3 Å². The van der Waals surface area contributed by atoms with Crippen LogP contribution in [0.15, 0.2) is 17.5 Å². The van der Waals surface area contributed by atoms with E-state index in [0.29, 0.717) is 6.61 Å². The summed E-state index contributed by atoms with van der Waals surface area (Å²) < 4.78 is 116. The molecule has 0 bridgehead atoms. The fourth-order valence-electron chi connectivity index (χ4n) is 3.06. The zero-order valence-electron chi connectivity index (χ0n) is 23.8. The maximum atomic E-state index is 13.6. The molecule has 0 fully saturated rings. The van der Waals surface area contributed by atoms with E-state index in [2.05, 4.69) is 18.9 Å². The molecule has 4 N–H and O–H groups in total. The van der Waals surface area contributed by atoms with Crippen molar-refractivity contribution in [2.45, 2.75) is 49.7 Å². The molecule has 260 valence electrons. The Balaban J connectivity index is 2.10. The maximum Gasteiger partial charge on any atom is 0.495 e. The Morgan fingerprint density at radius 3 is 1.66 bits per heavy atom. The second kappa shape index (κ2) is 22.3. The Labute approximate surface area is 254 Å². The third-order valence-corrected chi connectivity index (χ3v) is 5.77. The lowest BCUT2D eigenvalue weighted by molar-refractivity contribution is -0.518. The zero-order valence-corrected chi connectivity index (χ0v) is 24.6. The monoisotopic (exact) mass is 678 g/mol. The van der Waals surface area contributed by atoms with Gasteiger partial charge in [0.2, 0.25) is 0 Å². The standard InChI is InChI=1S/C25H40F6O12S/c26-23(27,42-25(30,31)43-24(28,29)18-41-16-21(35)12-37-7-5-32)17-39-9-8-38-13-20(34)15-40-14-19(33)11-36-6-1-3-22-4-2-10-44-22/h2,4,10,19-21,32-35H,1,3,5-9,11-18H2. The fourth-order valence-corrected chi connectivity index (χ4v) is 3.81. The number of aryl methyl sites for hydroxylation is 1. The highest BCUT2D eigenvalue weighted by molar-refractivity contribution is 7.09. The first-order chi connectivity index (χ1) is 20.7. The van der Waals surface area contributed by atoms with Crippen LogP contribution >= 0.6 is 11.3 Å². The molecule has 0 aliphatic heterocycles. The van der Waals surface area contributed by atoms with E-state index in [1.165, 1.54) is 4.88 Å². The number of aliphatic hydroxyl groups is 4.